The molecule has 0 bridgehead atoms. The number of hydrogen-bond acceptors (Lipinski definition) is 1. The first kappa shape index (κ1) is 13.8. The molecule has 0 aliphatic rings. The van der Waals surface area contributed by atoms with E-state index in [0.29, 0.717) is 0 Å². The van der Waals surface area contributed by atoms with Gasteiger partial charge in [-0.05, 0) is 36.1 Å². The predicted octanol–water partition coefficient (Wildman–Crippen LogP) is 4.19. The Morgan fingerprint density at radius 1 is 0.889 bits per heavy atom. The van der Waals surface area contributed by atoms with Gasteiger partial charge in [-0.2, -0.15) is 0 Å². The van der Waals surface area contributed by atoms with Crippen LogP contribution in [0.1, 0.15) is 11.1 Å². The topological polar surface area (TPSA) is 57.5 Å². The largest absolute Gasteiger partial charge is 0.503 e. The molecule has 0 atom stereocenters. The van der Waals surface area contributed by atoms with Gasteiger partial charge in [0.1, 0.15) is 0 Å². The average molecular weight is 244 g/mol. The van der Waals surface area contributed by atoms with Crippen molar-refractivity contribution in [3.05, 3.63) is 59.7 Å². The highest BCUT2D eigenvalue weighted by Crippen LogP contribution is 2.24. The fourth-order valence-corrected chi connectivity index (χ4v) is 1.68. The maximum Gasteiger partial charge on any atom is 0.503 e. The van der Waals surface area contributed by atoms with E-state index in [1.54, 1.807) is 0 Å². The molecule has 0 aliphatic heterocycles. The van der Waals surface area contributed by atoms with E-state index in [-0.39, 0.29) is 0 Å². The molecule has 0 aromatic heterocycles. The molecule has 2 N–H and O–H groups in total. The zero-order valence-electron chi connectivity index (χ0n) is 10.4. The molecule has 0 saturated heterocycles. The molecular formula is C15H16O3. The van der Waals surface area contributed by atoms with Gasteiger partial charge in [-0.15, -0.1) is 0 Å². The molecule has 94 valence electrons. The van der Waals surface area contributed by atoms with E-state index in [2.05, 4.69) is 62.4 Å². The van der Waals surface area contributed by atoms with Crippen LogP contribution in [0.3, 0.4) is 0 Å². The van der Waals surface area contributed by atoms with Crippen molar-refractivity contribution >= 4 is 6.16 Å². The van der Waals surface area contributed by atoms with Crippen LogP contribution in [0.4, 0.5) is 4.79 Å². The molecule has 2 rings (SSSR count). The Labute approximate surface area is 106 Å². The number of rotatable bonds is 1. The second kappa shape index (κ2) is 6.45. The Kier molecular flexibility index (Phi) is 4.93. The molecule has 18 heavy (non-hydrogen) atoms. The third-order valence-corrected chi connectivity index (χ3v) is 2.69. The van der Waals surface area contributed by atoms with Crippen LogP contribution in [-0.2, 0) is 0 Å². The fourth-order valence-electron chi connectivity index (χ4n) is 1.68. The highest BCUT2D eigenvalue weighted by atomic mass is 16.6. The van der Waals surface area contributed by atoms with Gasteiger partial charge in [-0.25, -0.2) is 4.79 Å². The summed E-state index contributed by atoms with van der Waals surface area (Å²) in [5, 5.41) is 13.9. The number of carbonyl (C=O) groups is 1. The van der Waals surface area contributed by atoms with Gasteiger partial charge < -0.3 is 10.2 Å². The van der Waals surface area contributed by atoms with Crippen molar-refractivity contribution in [3.63, 3.8) is 0 Å². The van der Waals surface area contributed by atoms with Crippen LogP contribution < -0.4 is 0 Å². The molecule has 0 saturated carbocycles. The van der Waals surface area contributed by atoms with Crippen LogP contribution in [0.2, 0.25) is 0 Å². The molecule has 0 unspecified atom stereocenters. The van der Waals surface area contributed by atoms with Crippen molar-refractivity contribution < 1.29 is 15.0 Å². The van der Waals surface area contributed by atoms with E-state index in [9.17, 15) is 0 Å². The monoisotopic (exact) mass is 244 g/mol. The first-order chi connectivity index (χ1) is 8.52. The van der Waals surface area contributed by atoms with E-state index < -0.39 is 6.16 Å². The smallest absolute Gasteiger partial charge is 0.450 e. The second-order valence-electron chi connectivity index (χ2n) is 3.90. The number of benzene rings is 2. The van der Waals surface area contributed by atoms with Crippen LogP contribution in [-0.4, -0.2) is 16.4 Å². The van der Waals surface area contributed by atoms with Gasteiger partial charge in [0, 0.05) is 0 Å². The molecule has 0 heterocycles. The average Bonchev–Trinajstić information content (AvgIpc) is 2.33. The molecule has 2 aromatic rings. The summed E-state index contributed by atoms with van der Waals surface area (Å²) in [6, 6.07) is 17.0. The van der Waals surface area contributed by atoms with E-state index >= 15 is 0 Å². The van der Waals surface area contributed by atoms with Gasteiger partial charge in [-0.3, -0.25) is 0 Å². The SMILES string of the molecule is Cc1cccc(-c2ccccc2)c1C.O=C(O)O. The Hall–Kier alpha value is -2.29. The van der Waals surface area contributed by atoms with Crippen molar-refractivity contribution in [2.45, 2.75) is 13.8 Å². The van der Waals surface area contributed by atoms with Crippen molar-refractivity contribution in [1.82, 2.24) is 0 Å². The summed E-state index contributed by atoms with van der Waals surface area (Å²) < 4.78 is 0. The lowest BCUT2D eigenvalue weighted by Gasteiger charge is -2.07. The first-order valence-corrected chi connectivity index (χ1v) is 5.56. The Bertz CT molecular complexity index is 515. The van der Waals surface area contributed by atoms with E-state index in [1.165, 1.54) is 22.3 Å². The summed E-state index contributed by atoms with van der Waals surface area (Å²) in [6.07, 6.45) is -1.83. The minimum Gasteiger partial charge on any atom is -0.450 e. The normalized spacial score (nSPS) is 9.22. The lowest BCUT2D eigenvalue weighted by molar-refractivity contribution is 0.137. The summed E-state index contributed by atoms with van der Waals surface area (Å²) in [4.78, 5) is 8.56. The van der Waals surface area contributed by atoms with Gasteiger partial charge in [0.15, 0.2) is 0 Å². The van der Waals surface area contributed by atoms with Crippen molar-refractivity contribution in [2.75, 3.05) is 0 Å². The van der Waals surface area contributed by atoms with Gasteiger partial charge in [0.25, 0.3) is 0 Å². The minimum absolute atomic E-state index is 1.30. The highest BCUT2D eigenvalue weighted by Gasteiger charge is 2.01. The lowest BCUT2D eigenvalue weighted by Crippen LogP contribution is -1.85. The molecule has 0 amide bonds. The van der Waals surface area contributed by atoms with E-state index in [1.807, 2.05) is 0 Å². The fraction of sp³-hybridized carbons (Fsp3) is 0.133. The zero-order chi connectivity index (χ0) is 13.5. The lowest BCUT2D eigenvalue weighted by atomic mass is 9.97. The molecule has 0 fully saturated rings. The summed E-state index contributed by atoms with van der Waals surface area (Å²) in [6.45, 7) is 4.33. The quantitative estimate of drug-likeness (QED) is 0.790. The Morgan fingerprint density at radius 3 is 2.00 bits per heavy atom. The Balaban J connectivity index is 0.000000357. The van der Waals surface area contributed by atoms with Crippen molar-refractivity contribution in [3.8, 4) is 11.1 Å². The summed E-state index contributed by atoms with van der Waals surface area (Å²) >= 11 is 0. The maximum atomic E-state index is 8.56. The highest BCUT2D eigenvalue weighted by molar-refractivity contribution is 5.68. The number of aryl methyl sites for hydroxylation is 1. The van der Waals surface area contributed by atoms with Crippen molar-refractivity contribution in [1.29, 1.82) is 0 Å². The van der Waals surface area contributed by atoms with Crippen LogP contribution in [0, 0.1) is 13.8 Å². The summed E-state index contributed by atoms with van der Waals surface area (Å²) in [5.41, 5.74) is 5.37. The standard InChI is InChI=1S/C14H14.CH2O3/c1-11-7-6-10-14(12(11)2)13-8-4-3-5-9-13;2-1(3)4/h3-10H,1-2H3;(H2,2,3,4). The van der Waals surface area contributed by atoms with Crippen molar-refractivity contribution in [2.24, 2.45) is 0 Å². The molecule has 2 aromatic carbocycles. The first-order valence-electron chi connectivity index (χ1n) is 5.56. The van der Waals surface area contributed by atoms with E-state index in [0.717, 1.165) is 0 Å². The molecule has 3 heteroatoms. The summed E-state index contributed by atoms with van der Waals surface area (Å²) in [5.74, 6) is 0. The number of hydrogen-bond donors (Lipinski definition) is 2. The molecule has 0 spiro atoms. The van der Waals surface area contributed by atoms with Gasteiger partial charge in [0.2, 0.25) is 0 Å². The van der Waals surface area contributed by atoms with E-state index in [4.69, 9.17) is 15.0 Å². The second-order valence-corrected chi connectivity index (χ2v) is 3.90. The molecule has 0 aliphatic carbocycles. The molecule has 0 radical (unpaired) electrons. The third kappa shape index (κ3) is 3.94. The van der Waals surface area contributed by atoms with Crippen LogP contribution in [0.15, 0.2) is 48.5 Å². The molecule has 3 nitrogen and oxygen atoms in total. The summed E-state index contributed by atoms with van der Waals surface area (Å²) in [7, 11) is 0. The van der Waals surface area contributed by atoms with Crippen LogP contribution >= 0.6 is 0 Å². The Morgan fingerprint density at radius 2 is 1.44 bits per heavy atom. The van der Waals surface area contributed by atoms with Crippen LogP contribution in [0.25, 0.3) is 11.1 Å². The van der Waals surface area contributed by atoms with Crippen LogP contribution in [0.5, 0.6) is 0 Å². The predicted molar refractivity (Wildman–Crippen MR) is 72.0 cm³/mol. The maximum absolute atomic E-state index is 8.56. The van der Waals surface area contributed by atoms with Gasteiger partial charge in [-0.1, -0.05) is 48.5 Å². The minimum atomic E-state index is -1.83. The zero-order valence-corrected chi connectivity index (χ0v) is 10.4. The van der Waals surface area contributed by atoms with Gasteiger partial charge in [0.05, 0.1) is 0 Å². The number of carboxylic acid groups (broad SMARTS) is 2. The molecular weight excluding hydrogens is 228 g/mol. The third-order valence-electron chi connectivity index (χ3n) is 2.69. The van der Waals surface area contributed by atoms with Gasteiger partial charge >= 0.3 is 6.16 Å².